The lowest BCUT2D eigenvalue weighted by Gasteiger charge is -2.19. The minimum absolute atomic E-state index is 0.0441. The number of hydrogen-bond donors (Lipinski definition) is 2. The van der Waals surface area contributed by atoms with Gasteiger partial charge in [0.25, 0.3) is 15.9 Å². The fourth-order valence-corrected chi connectivity index (χ4v) is 4.25. The zero-order valence-electron chi connectivity index (χ0n) is 17.1. The molecule has 1 amide bonds. The first-order chi connectivity index (χ1) is 14.8. The Kier molecular flexibility index (Phi) is 5.55. The number of benzene rings is 2. The predicted molar refractivity (Wildman–Crippen MR) is 114 cm³/mol. The number of hydrogen-bond acceptors (Lipinski definition) is 6. The van der Waals surface area contributed by atoms with Crippen molar-refractivity contribution in [2.75, 3.05) is 17.9 Å². The fraction of sp³-hybridized carbons (Fsp3) is 0.238. The number of sulfonamides is 1. The molecule has 0 fully saturated rings. The number of carbonyl (C=O) groups is 1. The summed E-state index contributed by atoms with van der Waals surface area (Å²) in [6, 6.07) is 9.31. The summed E-state index contributed by atoms with van der Waals surface area (Å²) in [6.07, 6.45) is 3.48. The molecule has 0 atom stereocenters. The van der Waals surface area contributed by atoms with Crippen molar-refractivity contribution in [1.29, 1.82) is 0 Å². The highest BCUT2D eigenvalue weighted by Crippen LogP contribution is 2.33. The van der Waals surface area contributed by atoms with Gasteiger partial charge in [0.2, 0.25) is 0 Å². The molecule has 2 heterocycles. The number of nitrogens with one attached hydrogen (secondary N) is 2. The molecule has 1 aliphatic rings. The molecule has 0 radical (unpaired) electrons. The van der Waals surface area contributed by atoms with Crippen LogP contribution in [-0.2, 0) is 23.6 Å². The minimum atomic E-state index is -3.89. The molecule has 0 unspecified atom stereocenters. The van der Waals surface area contributed by atoms with Crippen LogP contribution in [0.2, 0.25) is 0 Å². The van der Waals surface area contributed by atoms with Gasteiger partial charge in [-0.1, -0.05) is 6.07 Å². The summed E-state index contributed by atoms with van der Waals surface area (Å²) in [6.45, 7) is 2.86. The van der Waals surface area contributed by atoms with E-state index < -0.39 is 10.0 Å². The average Bonchev–Trinajstić information content (AvgIpc) is 3.18. The van der Waals surface area contributed by atoms with Crippen molar-refractivity contribution in [2.45, 2.75) is 18.4 Å². The first-order valence-corrected chi connectivity index (χ1v) is 11.1. The smallest absolute Gasteiger partial charge is 0.262 e. The fourth-order valence-electron chi connectivity index (χ4n) is 3.12. The van der Waals surface area contributed by atoms with E-state index in [2.05, 4.69) is 15.1 Å². The van der Waals surface area contributed by atoms with Crippen LogP contribution in [-0.4, -0.2) is 37.3 Å². The maximum Gasteiger partial charge on any atom is 0.262 e. The molecule has 4 rings (SSSR count). The van der Waals surface area contributed by atoms with Crippen LogP contribution in [0, 0.1) is 6.92 Å². The third-order valence-corrected chi connectivity index (χ3v) is 6.14. The van der Waals surface area contributed by atoms with Gasteiger partial charge in [0.1, 0.15) is 13.2 Å². The van der Waals surface area contributed by atoms with E-state index in [9.17, 15) is 13.2 Å². The van der Waals surface area contributed by atoms with Gasteiger partial charge in [-0.05, 0) is 36.8 Å². The molecule has 1 aromatic heterocycles. The molecule has 0 bridgehead atoms. The van der Waals surface area contributed by atoms with Crippen molar-refractivity contribution in [3.63, 3.8) is 0 Å². The molecule has 0 saturated heterocycles. The van der Waals surface area contributed by atoms with Crippen molar-refractivity contribution in [2.24, 2.45) is 7.05 Å². The minimum Gasteiger partial charge on any atom is -0.486 e. The molecule has 2 aromatic carbocycles. The first kappa shape index (κ1) is 20.7. The van der Waals surface area contributed by atoms with E-state index in [4.69, 9.17) is 9.47 Å². The molecule has 9 nitrogen and oxygen atoms in total. The number of ether oxygens (including phenoxy) is 2. The van der Waals surface area contributed by atoms with E-state index in [1.807, 2.05) is 6.20 Å². The van der Waals surface area contributed by atoms with Gasteiger partial charge >= 0.3 is 0 Å². The Morgan fingerprint density at radius 1 is 1.13 bits per heavy atom. The van der Waals surface area contributed by atoms with Gasteiger partial charge in [0.15, 0.2) is 11.5 Å². The van der Waals surface area contributed by atoms with Crippen LogP contribution in [0.15, 0.2) is 53.7 Å². The number of rotatable bonds is 6. The van der Waals surface area contributed by atoms with Crippen LogP contribution >= 0.6 is 0 Å². The van der Waals surface area contributed by atoms with E-state index in [1.165, 1.54) is 18.2 Å². The van der Waals surface area contributed by atoms with Gasteiger partial charge < -0.3 is 14.8 Å². The van der Waals surface area contributed by atoms with Gasteiger partial charge in [-0.15, -0.1) is 0 Å². The number of amides is 1. The maximum absolute atomic E-state index is 12.9. The first-order valence-electron chi connectivity index (χ1n) is 9.61. The highest BCUT2D eigenvalue weighted by molar-refractivity contribution is 7.92. The molecule has 31 heavy (non-hydrogen) atoms. The SMILES string of the molecule is Cc1ccc(C(=O)NCc2cnn(C)c2)cc1NS(=O)(=O)c1ccc2c(c1)OCCO2. The number of aryl methyl sites for hydroxylation is 2. The standard InChI is InChI=1S/C21H22N4O5S/c1-14-3-4-16(21(26)22-11-15-12-23-25(2)13-15)9-18(14)24-31(27,28)17-5-6-19-20(10-17)30-8-7-29-19/h3-6,9-10,12-13,24H,7-8,11H2,1-2H3,(H,22,26). The Hall–Kier alpha value is -3.53. The van der Waals surface area contributed by atoms with E-state index in [1.54, 1.807) is 43.0 Å². The molecule has 1 aliphatic heterocycles. The number of nitrogens with zero attached hydrogens (tertiary/aromatic N) is 2. The van der Waals surface area contributed by atoms with Gasteiger partial charge in [0, 0.05) is 37.0 Å². The van der Waals surface area contributed by atoms with Crippen LogP contribution in [0.5, 0.6) is 11.5 Å². The Labute approximate surface area is 180 Å². The van der Waals surface area contributed by atoms with Gasteiger partial charge in [-0.3, -0.25) is 14.2 Å². The van der Waals surface area contributed by atoms with Gasteiger partial charge in [0.05, 0.1) is 16.8 Å². The maximum atomic E-state index is 12.9. The van der Waals surface area contributed by atoms with Crippen LogP contribution in [0.4, 0.5) is 5.69 Å². The summed E-state index contributed by atoms with van der Waals surface area (Å²) >= 11 is 0. The average molecular weight is 442 g/mol. The number of fused-ring (bicyclic) bond motifs is 1. The van der Waals surface area contributed by atoms with Crippen LogP contribution in [0.25, 0.3) is 0 Å². The van der Waals surface area contributed by atoms with E-state index >= 15 is 0 Å². The van der Waals surface area contributed by atoms with Gasteiger partial charge in [-0.25, -0.2) is 8.42 Å². The summed E-state index contributed by atoms with van der Waals surface area (Å²) in [4.78, 5) is 12.6. The zero-order valence-corrected chi connectivity index (χ0v) is 17.9. The van der Waals surface area contributed by atoms with Gasteiger partial charge in [-0.2, -0.15) is 5.10 Å². The quantitative estimate of drug-likeness (QED) is 0.606. The monoisotopic (exact) mass is 442 g/mol. The Balaban J connectivity index is 1.52. The molecule has 0 aliphatic carbocycles. The Morgan fingerprint density at radius 2 is 1.90 bits per heavy atom. The second-order valence-corrected chi connectivity index (χ2v) is 8.83. The molecule has 2 N–H and O–H groups in total. The highest BCUT2D eigenvalue weighted by atomic mass is 32.2. The molecule has 0 spiro atoms. The normalized spacial score (nSPS) is 13.0. The molecular weight excluding hydrogens is 420 g/mol. The third kappa shape index (κ3) is 4.64. The lowest BCUT2D eigenvalue weighted by molar-refractivity contribution is 0.0951. The summed E-state index contributed by atoms with van der Waals surface area (Å²) in [7, 11) is -2.10. The predicted octanol–water partition coefficient (Wildman–Crippen LogP) is 2.23. The lowest BCUT2D eigenvalue weighted by atomic mass is 10.1. The summed E-state index contributed by atoms with van der Waals surface area (Å²) < 4.78 is 41.0. The topological polar surface area (TPSA) is 112 Å². The summed E-state index contributed by atoms with van der Waals surface area (Å²) in [5.41, 5.74) is 2.21. The van der Waals surface area contributed by atoms with E-state index in [-0.39, 0.29) is 10.8 Å². The number of carbonyl (C=O) groups excluding carboxylic acids is 1. The molecule has 3 aromatic rings. The zero-order chi connectivity index (χ0) is 22.0. The van der Waals surface area contributed by atoms with Crippen LogP contribution < -0.4 is 19.5 Å². The number of anilines is 1. The second kappa shape index (κ2) is 8.31. The van der Waals surface area contributed by atoms with E-state index in [0.717, 1.165) is 5.56 Å². The number of aromatic nitrogens is 2. The van der Waals surface area contributed by atoms with E-state index in [0.29, 0.717) is 48.1 Å². The molecule has 10 heteroatoms. The molecule has 162 valence electrons. The van der Waals surface area contributed by atoms with Crippen molar-refractivity contribution < 1.29 is 22.7 Å². The largest absolute Gasteiger partial charge is 0.486 e. The van der Waals surface area contributed by atoms with Crippen LogP contribution in [0.1, 0.15) is 21.5 Å². The highest BCUT2D eigenvalue weighted by Gasteiger charge is 2.21. The summed E-state index contributed by atoms with van der Waals surface area (Å²) in [5, 5.41) is 6.86. The van der Waals surface area contributed by atoms with Crippen molar-refractivity contribution >= 4 is 21.6 Å². The van der Waals surface area contributed by atoms with Crippen molar-refractivity contribution in [1.82, 2.24) is 15.1 Å². The van der Waals surface area contributed by atoms with Crippen LogP contribution in [0.3, 0.4) is 0 Å². The Bertz CT molecular complexity index is 1240. The summed E-state index contributed by atoms with van der Waals surface area (Å²) in [5.74, 6) is 0.576. The van der Waals surface area contributed by atoms with Crippen molar-refractivity contribution in [3.8, 4) is 11.5 Å². The molecule has 0 saturated carbocycles. The third-order valence-electron chi connectivity index (χ3n) is 4.78. The second-order valence-electron chi connectivity index (χ2n) is 7.15. The van der Waals surface area contributed by atoms with Crippen molar-refractivity contribution in [3.05, 3.63) is 65.5 Å². The Morgan fingerprint density at radius 3 is 2.65 bits per heavy atom. The molecular formula is C21H22N4O5S. The lowest BCUT2D eigenvalue weighted by Crippen LogP contribution is -2.23.